The van der Waals surface area contributed by atoms with Gasteiger partial charge in [-0.15, -0.1) is 5.10 Å². The number of nitrogens with one attached hydrogen (secondary N) is 2. The molecule has 0 aliphatic carbocycles. The Balaban J connectivity index is 1.54. The number of amides is 1. The molecule has 1 amide bonds. The van der Waals surface area contributed by atoms with Crippen LogP contribution in [0, 0.1) is 6.92 Å². The molecule has 1 aromatic heterocycles. The number of carbonyl (C=O) groups excluding carboxylic acids is 1. The summed E-state index contributed by atoms with van der Waals surface area (Å²) in [7, 11) is 0. The molecule has 0 saturated carbocycles. The minimum Gasteiger partial charge on any atom is -0.508 e. The highest BCUT2D eigenvalue weighted by molar-refractivity contribution is 7.99. The van der Waals surface area contributed by atoms with E-state index >= 15 is 0 Å². The lowest BCUT2D eigenvalue weighted by molar-refractivity contribution is -0.625. The number of aromatic hydroxyl groups is 1. The largest absolute Gasteiger partial charge is 0.508 e. The predicted molar refractivity (Wildman–Crippen MR) is 144 cm³/mol. The molecule has 7 nitrogen and oxygen atoms in total. The summed E-state index contributed by atoms with van der Waals surface area (Å²) in [5.41, 5.74) is 7.66. The number of aryl methyl sites for hydroxylation is 1. The van der Waals surface area contributed by atoms with Gasteiger partial charge >= 0.3 is 5.16 Å². The molecule has 0 bridgehead atoms. The van der Waals surface area contributed by atoms with Crippen molar-refractivity contribution >= 4 is 23.9 Å². The van der Waals surface area contributed by atoms with E-state index in [-0.39, 0.29) is 22.8 Å². The van der Waals surface area contributed by atoms with Gasteiger partial charge < -0.3 is 5.11 Å². The third-order valence-electron chi connectivity index (χ3n) is 5.59. The summed E-state index contributed by atoms with van der Waals surface area (Å²) in [6.07, 6.45) is 1.49. The summed E-state index contributed by atoms with van der Waals surface area (Å²) in [5, 5.41) is 21.9. The molecule has 0 saturated heterocycles. The number of rotatable bonds is 7. The molecule has 184 valence electrons. The summed E-state index contributed by atoms with van der Waals surface area (Å²) in [4.78, 5) is 12.4. The van der Waals surface area contributed by atoms with Crippen LogP contribution in [0.5, 0.6) is 5.75 Å². The Morgan fingerprint density at radius 1 is 1.11 bits per heavy atom. The van der Waals surface area contributed by atoms with Crippen molar-refractivity contribution in [1.82, 2.24) is 15.6 Å². The van der Waals surface area contributed by atoms with Crippen LogP contribution in [-0.2, 0) is 10.2 Å². The monoisotopic (exact) mass is 500 g/mol. The first-order valence-corrected chi connectivity index (χ1v) is 12.6. The Labute approximate surface area is 215 Å². The minimum atomic E-state index is -0.258. The van der Waals surface area contributed by atoms with Crippen LogP contribution in [0.4, 0.5) is 0 Å². The number of phenolic OH excluding ortho intramolecular Hbond substituents is 1. The Bertz CT molecular complexity index is 1370. The molecule has 8 heteroatoms. The van der Waals surface area contributed by atoms with Crippen molar-refractivity contribution < 1.29 is 14.5 Å². The van der Waals surface area contributed by atoms with E-state index in [1.165, 1.54) is 23.5 Å². The van der Waals surface area contributed by atoms with Gasteiger partial charge in [0.1, 0.15) is 11.4 Å². The van der Waals surface area contributed by atoms with Crippen molar-refractivity contribution in [3.8, 4) is 22.8 Å². The van der Waals surface area contributed by atoms with Gasteiger partial charge in [0, 0.05) is 0 Å². The van der Waals surface area contributed by atoms with Gasteiger partial charge in [-0.1, -0.05) is 62.7 Å². The minimum absolute atomic E-state index is 0.0667. The number of hydrogen-bond acceptors (Lipinski definition) is 5. The van der Waals surface area contributed by atoms with E-state index in [0.717, 1.165) is 22.6 Å². The molecule has 0 atom stereocenters. The van der Waals surface area contributed by atoms with Gasteiger partial charge in [0.05, 0.1) is 22.6 Å². The molecular formula is C28H30N5O2S+. The van der Waals surface area contributed by atoms with E-state index in [2.05, 4.69) is 77.9 Å². The van der Waals surface area contributed by atoms with E-state index < -0.39 is 0 Å². The Morgan fingerprint density at radius 2 is 1.83 bits per heavy atom. The molecule has 1 heterocycles. The molecule has 0 radical (unpaired) electrons. The Morgan fingerprint density at radius 3 is 2.50 bits per heavy atom. The molecule has 36 heavy (non-hydrogen) atoms. The van der Waals surface area contributed by atoms with E-state index in [1.54, 1.807) is 24.3 Å². The standard InChI is InChI=1S/C28H29N5O2S/c1-19-8-14-23(15-9-19)33-26(21-10-12-22(13-11-21)28(2,3)4)31-32-27(33)36-18-25(35)30-29-17-20-6-5-7-24(34)16-20/h5-17H,18H2,1-4H3,(H2,30,34,35)/p+1. The van der Waals surface area contributed by atoms with Crippen LogP contribution in [0.25, 0.3) is 17.1 Å². The molecule has 4 aromatic rings. The predicted octanol–water partition coefficient (Wildman–Crippen LogP) is 4.91. The van der Waals surface area contributed by atoms with Crippen molar-refractivity contribution in [2.75, 3.05) is 5.75 Å². The van der Waals surface area contributed by atoms with Gasteiger partial charge in [-0.3, -0.25) is 4.79 Å². The number of aromatic nitrogens is 3. The quantitative estimate of drug-likeness (QED) is 0.145. The fourth-order valence-electron chi connectivity index (χ4n) is 3.59. The molecule has 0 aliphatic rings. The van der Waals surface area contributed by atoms with Crippen LogP contribution in [0.1, 0.15) is 37.5 Å². The zero-order chi connectivity index (χ0) is 25.7. The van der Waals surface area contributed by atoms with Crippen LogP contribution >= 0.6 is 11.8 Å². The summed E-state index contributed by atoms with van der Waals surface area (Å²) in [6.45, 7) is 8.63. The van der Waals surface area contributed by atoms with Gasteiger partial charge in [-0.2, -0.15) is 9.67 Å². The third kappa shape index (κ3) is 6.20. The van der Waals surface area contributed by atoms with E-state index in [0.29, 0.717) is 10.7 Å². The normalized spacial score (nSPS) is 11.7. The van der Waals surface area contributed by atoms with Gasteiger partial charge in [-0.05, 0) is 71.6 Å². The van der Waals surface area contributed by atoms with Crippen molar-refractivity contribution in [2.45, 2.75) is 38.3 Å². The van der Waals surface area contributed by atoms with Gasteiger partial charge in [0.2, 0.25) is 0 Å². The molecule has 3 N–H and O–H groups in total. The number of phenols is 1. The van der Waals surface area contributed by atoms with Crippen molar-refractivity contribution in [3.05, 3.63) is 89.5 Å². The van der Waals surface area contributed by atoms with Gasteiger partial charge in [0.15, 0.2) is 0 Å². The fraction of sp³-hybridized carbons (Fsp3) is 0.214. The smallest absolute Gasteiger partial charge is 0.342 e. The van der Waals surface area contributed by atoms with E-state index in [4.69, 9.17) is 0 Å². The SMILES string of the molecule is Cc1ccc(-[n+]2c(SCC(=O)NN=Cc3cccc(O)c3)n[nH]c2-c2ccc(C(C)(C)C)cc2)cc1. The zero-order valence-electron chi connectivity index (χ0n) is 20.8. The zero-order valence-corrected chi connectivity index (χ0v) is 21.6. The molecule has 0 spiro atoms. The topological polar surface area (TPSA) is 94.2 Å². The second-order valence-electron chi connectivity index (χ2n) is 9.53. The number of hydrazone groups is 1. The second kappa shape index (κ2) is 10.8. The number of benzene rings is 3. The molecule has 0 fully saturated rings. The number of H-pyrrole nitrogens is 1. The molecule has 4 rings (SSSR count). The third-order valence-corrected chi connectivity index (χ3v) is 6.53. The first-order chi connectivity index (χ1) is 17.2. The molecular weight excluding hydrogens is 470 g/mol. The number of carbonyl (C=O) groups is 1. The number of hydrogen-bond donors (Lipinski definition) is 3. The first kappa shape index (κ1) is 25.2. The molecule has 3 aromatic carbocycles. The maximum absolute atomic E-state index is 12.4. The molecule has 0 aliphatic heterocycles. The highest BCUT2D eigenvalue weighted by Crippen LogP contribution is 2.26. The van der Waals surface area contributed by atoms with Crippen molar-refractivity contribution in [2.24, 2.45) is 5.10 Å². The molecule has 0 unspecified atom stereocenters. The van der Waals surface area contributed by atoms with Crippen LogP contribution < -0.4 is 9.99 Å². The van der Waals surface area contributed by atoms with Crippen LogP contribution in [0.3, 0.4) is 0 Å². The van der Waals surface area contributed by atoms with Crippen LogP contribution in [0.15, 0.2) is 83.1 Å². The lowest BCUT2D eigenvalue weighted by Crippen LogP contribution is -2.34. The van der Waals surface area contributed by atoms with Crippen molar-refractivity contribution in [3.63, 3.8) is 0 Å². The number of nitrogens with zero attached hydrogens (tertiary/aromatic N) is 3. The van der Waals surface area contributed by atoms with Gasteiger partial charge in [0.25, 0.3) is 11.7 Å². The summed E-state index contributed by atoms with van der Waals surface area (Å²) < 4.78 is 2.03. The van der Waals surface area contributed by atoms with E-state index in [1.807, 2.05) is 23.6 Å². The fourth-order valence-corrected chi connectivity index (χ4v) is 4.36. The highest BCUT2D eigenvalue weighted by atomic mass is 32.2. The first-order valence-electron chi connectivity index (χ1n) is 11.6. The summed E-state index contributed by atoms with van der Waals surface area (Å²) >= 11 is 1.32. The van der Waals surface area contributed by atoms with Gasteiger partial charge in [-0.25, -0.2) is 5.43 Å². The van der Waals surface area contributed by atoms with Crippen LogP contribution in [-0.4, -0.2) is 33.2 Å². The number of thioether (sulfide) groups is 1. The van der Waals surface area contributed by atoms with Crippen LogP contribution in [0.2, 0.25) is 0 Å². The second-order valence-corrected chi connectivity index (χ2v) is 10.5. The summed E-state index contributed by atoms with van der Waals surface area (Å²) in [6, 6.07) is 23.3. The number of aromatic amines is 1. The Hall–Kier alpha value is -3.91. The van der Waals surface area contributed by atoms with Crippen molar-refractivity contribution in [1.29, 1.82) is 0 Å². The Kier molecular flexibility index (Phi) is 7.55. The maximum atomic E-state index is 12.4. The maximum Gasteiger partial charge on any atom is 0.342 e. The average Bonchev–Trinajstić information content (AvgIpc) is 3.27. The lowest BCUT2D eigenvalue weighted by Gasteiger charge is -2.18. The average molecular weight is 501 g/mol. The summed E-state index contributed by atoms with van der Waals surface area (Å²) in [5.74, 6) is 0.857. The highest BCUT2D eigenvalue weighted by Gasteiger charge is 2.25. The van der Waals surface area contributed by atoms with E-state index in [9.17, 15) is 9.90 Å². The lowest BCUT2D eigenvalue weighted by atomic mass is 9.87.